The lowest BCUT2D eigenvalue weighted by Crippen LogP contribution is -1.62. The zero-order chi connectivity index (χ0) is 7.82. The molecule has 0 saturated carbocycles. The maximum atomic E-state index is 4.50. The van der Waals surface area contributed by atoms with Gasteiger partial charge in [-0.3, -0.25) is 4.29 Å². The van der Waals surface area contributed by atoms with E-state index in [4.69, 9.17) is 0 Å². The van der Waals surface area contributed by atoms with Crippen molar-refractivity contribution in [1.82, 2.24) is 0 Å². The Balaban J connectivity index is 0.000000236. The third kappa shape index (κ3) is 5.60. The summed E-state index contributed by atoms with van der Waals surface area (Å²) in [6, 6.07) is 10.3. The molecule has 1 aromatic carbocycles. The van der Waals surface area contributed by atoms with Crippen LogP contribution in [0.1, 0.15) is 5.56 Å². The maximum absolute atomic E-state index is 4.50. The van der Waals surface area contributed by atoms with Crippen LogP contribution in [0.3, 0.4) is 0 Å². The maximum Gasteiger partial charge on any atom is 0.0606 e. The first kappa shape index (κ1) is 9.47. The van der Waals surface area contributed by atoms with Gasteiger partial charge < -0.3 is 0 Å². The number of aryl methyl sites for hydroxylation is 1. The third-order valence-electron chi connectivity index (χ3n) is 0.940. The molecule has 0 radical (unpaired) electrons. The molecule has 0 amide bonds. The quantitative estimate of drug-likeness (QED) is 0.564. The molecule has 0 aromatic heterocycles. The Morgan fingerprint density at radius 2 is 1.60 bits per heavy atom. The Morgan fingerprint density at radius 1 is 1.20 bits per heavy atom. The lowest BCUT2D eigenvalue weighted by Gasteiger charge is -1.82. The summed E-state index contributed by atoms with van der Waals surface area (Å²) in [5.74, 6) is 0. The summed E-state index contributed by atoms with van der Waals surface area (Å²) in [5.41, 5.74) is 1.32. The first-order valence-corrected chi connectivity index (χ1v) is 3.28. The summed E-state index contributed by atoms with van der Waals surface area (Å²) in [6.07, 6.45) is 0. The summed E-state index contributed by atoms with van der Waals surface area (Å²) >= 11 is 4.50. The molecule has 0 saturated heterocycles. The van der Waals surface area contributed by atoms with Gasteiger partial charge in [-0.15, -0.1) is 0 Å². The molecule has 1 nitrogen and oxygen atoms in total. The lowest BCUT2D eigenvalue weighted by molar-refractivity contribution is 0.463. The fourth-order valence-electron chi connectivity index (χ4n) is 0.534. The van der Waals surface area contributed by atoms with Gasteiger partial charge in [0.05, 0.1) is 19.0 Å². The van der Waals surface area contributed by atoms with Gasteiger partial charge in [0.1, 0.15) is 0 Å². The average Bonchev–Trinajstić information content (AvgIpc) is 1.91. The molecule has 10 heavy (non-hydrogen) atoms. The van der Waals surface area contributed by atoms with Crippen molar-refractivity contribution in [3.8, 4) is 0 Å². The minimum Gasteiger partial charge on any atom is -0.283 e. The highest BCUT2D eigenvalue weighted by molar-refractivity contribution is 6.07. The van der Waals surface area contributed by atoms with Crippen LogP contribution in [0.4, 0.5) is 0 Å². The largest absolute Gasteiger partial charge is 0.283 e. The molecule has 1 rings (SSSR count). The fraction of sp³-hybridized carbons (Fsp3) is 0.250. The molecule has 1 aromatic rings. The van der Waals surface area contributed by atoms with E-state index in [-0.39, 0.29) is 0 Å². The number of halogens is 1. The zero-order valence-electron chi connectivity index (χ0n) is 6.17. The topological polar surface area (TPSA) is 9.23 Å². The molecule has 0 spiro atoms. The average molecular weight is 159 g/mol. The summed E-state index contributed by atoms with van der Waals surface area (Å²) in [7, 11) is 1.39. The first-order chi connectivity index (χ1) is 4.81. The predicted molar refractivity (Wildman–Crippen MR) is 44.0 cm³/mol. The van der Waals surface area contributed by atoms with Crippen molar-refractivity contribution >= 4 is 11.9 Å². The summed E-state index contributed by atoms with van der Waals surface area (Å²) in [6.45, 7) is 2.08. The molecule has 56 valence electrons. The van der Waals surface area contributed by atoms with Crippen LogP contribution in [0.15, 0.2) is 30.3 Å². The number of rotatable bonds is 0. The smallest absolute Gasteiger partial charge is 0.0606 e. The molecule has 0 aliphatic heterocycles. The van der Waals surface area contributed by atoms with E-state index in [2.05, 4.69) is 35.2 Å². The standard InChI is InChI=1S/C7H8.CH3ClO/c1-7-5-3-2-4-6-7;1-3-2/h2-6H,1H3;1H3. The van der Waals surface area contributed by atoms with Gasteiger partial charge in [0.15, 0.2) is 0 Å². The fourth-order valence-corrected chi connectivity index (χ4v) is 0.534. The Bertz CT molecular complexity index is 151. The second kappa shape index (κ2) is 6.59. The Kier molecular flexibility index (Phi) is 6.24. The third-order valence-corrected chi connectivity index (χ3v) is 0.940. The summed E-state index contributed by atoms with van der Waals surface area (Å²) < 4.78 is 3.72. The Labute approximate surface area is 66.8 Å². The highest BCUT2D eigenvalue weighted by Gasteiger charge is 1.72. The molecule has 0 N–H and O–H groups in total. The van der Waals surface area contributed by atoms with Gasteiger partial charge in [-0.1, -0.05) is 35.9 Å². The van der Waals surface area contributed by atoms with E-state index >= 15 is 0 Å². The van der Waals surface area contributed by atoms with Crippen molar-refractivity contribution in [3.63, 3.8) is 0 Å². The molecule has 0 atom stereocenters. The van der Waals surface area contributed by atoms with Gasteiger partial charge in [0.2, 0.25) is 0 Å². The molecule has 0 aliphatic rings. The molecule has 0 heterocycles. The molecule has 0 aliphatic carbocycles. The van der Waals surface area contributed by atoms with Crippen LogP contribution in [-0.4, -0.2) is 7.11 Å². The minimum absolute atomic E-state index is 1.32. The molecule has 0 fully saturated rings. The van der Waals surface area contributed by atoms with Crippen LogP contribution in [0.25, 0.3) is 0 Å². The van der Waals surface area contributed by atoms with E-state index in [1.807, 2.05) is 18.2 Å². The van der Waals surface area contributed by atoms with Crippen LogP contribution < -0.4 is 0 Å². The van der Waals surface area contributed by atoms with E-state index in [0.717, 1.165) is 0 Å². The molecular formula is C8H11ClO. The van der Waals surface area contributed by atoms with Crippen LogP contribution in [0.5, 0.6) is 0 Å². The summed E-state index contributed by atoms with van der Waals surface area (Å²) in [5, 5.41) is 0. The second-order valence-corrected chi connectivity index (χ2v) is 2.12. The van der Waals surface area contributed by atoms with Crippen LogP contribution in [0, 0.1) is 6.92 Å². The SMILES string of the molecule is COCl.Cc1ccccc1. The van der Waals surface area contributed by atoms with Gasteiger partial charge in [-0.2, -0.15) is 0 Å². The zero-order valence-corrected chi connectivity index (χ0v) is 6.93. The van der Waals surface area contributed by atoms with E-state index < -0.39 is 0 Å². The van der Waals surface area contributed by atoms with Gasteiger partial charge >= 0.3 is 0 Å². The van der Waals surface area contributed by atoms with Crippen LogP contribution >= 0.6 is 11.9 Å². The molecule has 0 bridgehead atoms. The highest BCUT2D eigenvalue weighted by Crippen LogP contribution is 1.92. The monoisotopic (exact) mass is 158 g/mol. The van der Waals surface area contributed by atoms with Crippen molar-refractivity contribution in [2.24, 2.45) is 0 Å². The van der Waals surface area contributed by atoms with Crippen molar-refractivity contribution in [2.45, 2.75) is 6.92 Å². The van der Waals surface area contributed by atoms with Crippen molar-refractivity contribution in [3.05, 3.63) is 35.9 Å². The first-order valence-electron chi connectivity index (χ1n) is 2.97. The minimum atomic E-state index is 1.32. The van der Waals surface area contributed by atoms with Gasteiger partial charge in [0.25, 0.3) is 0 Å². The number of hydrogen-bond donors (Lipinski definition) is 0. The Morgan fingerprint density at radius 3 is 1.80 bits per heavy atom. The highest BCUT2D eigenvalue weighted by atomic mass is 35.5. The Hall–Kier alpha value is -0.530. The van der Waals surface area contributed by atoms with Crippen LogP contribution in [0.2, 0.25) is 0 Å². The predicted octanol–water partition coefficient (Wildman–Crippen LogP) is 2.78. The lowest BCUT2D eigenvalue weighted by atomic mass is 10.2. The van der Waals surface area contributed by atoms with E-state index in [1.165, 1.54) is 12.7 Å². The van der Waals surface area contributed by atoms with Crippen LogP contribution in [-0.2, 0) is 4.29 Å². The molecule has 2 heteroatoms. The van der Waals surface area contributed by atoms with E-state index in [1.54, 1.807) is 0 Å². The van der Waals surface area contributed by atoms with E-state index in [9.17, 15) is 0 Å². The van der Waals surface area contributed by atoms with Gasteiger partial charge in [-0.05, 0) is 6.92 Å². The van der Waals surface area contributed by atoms with Gasteiger partial charge in [0, 0.05) is 0 Å². The summed E-state index contributed by atoms with van der Waals surface area (Å²) in [4.78, 5) is 0. The normalized spacial score (nSPS) is 7.90. The number of benzene rings is 1. The molecular weight excluding hydrogens is 148 g/mol. The van der Waals surface area contributed by atoms with Crippen molar-refractivity contribution in [2.75, 3.05) is 7.11 Å². The van der Waals surface area contributed by atoms with E-state index in [0.29, 0.717) is 0 Å². The van der Waals surface area contributed by atoms with Crippen molar-refractivity contribution < 1.29 is 4.29 Å². The number of hydrogen-bond acceptors (Lipinski definition) is 1. The molecule has 0 unspecified atom stereocenters. The van der Waals surface area contributed by atoms with Gasteiger partial charge in [-0.25, -0.2) is 0 Å². The van der Waals surface area contributed by atoms with Crippen molar-refractivity contribution in [1.29, 1.82) is 0 Å². The second-order valence-electron chi connectivity index (χ2n) is 1.81.